The number of halogens is 1. The lowest BCUT2D eigenvalue weighted by molar-refractivity contribution is 0.0793. The molecule has 0 saturated carbocycles. The van der Waals surface area contributed by atoms with Gasteiger partial charge in [0.15, 0.2) is 0 Å². The van der Waals surface area contributed by atoms with E-state index in [2.05, 4.69) is 0 Å². The van der Waals surface area contributed by atoms with Gasteiger partial charge in [0.25, 0.3) is 5.91 Å². The maximum Gasteiger partial charge on any atom is 0.253 e. The molecule has 2 aliphatic rings. The molecule has 2 heterocycles. The molecule has 5 nitrogen and oxygen atoms in total. The normalized spacial score (nSPS) is 18.6. The molecule has 2 saturated heterocycles. The van der Waals surface area contributed by atoms with Gasteiger partial charge in [0.1, 0.15) is 5.82 Å². The number of carbonyl (C=O) groups excluding carboxylic acids is 1. The van der Waals surface area contributed by atoms with Crippen molar-refractivity contribution in [2.75, 3.05) is 26.2 Å². The number of benzene rings is 2. The van der Waals surface area contributed by atoms with E-state index in [1.54, 1.807) is 0 Å². The molecular weight excluding hydrogens is 403 g/mol. The number of carbonyl (C=O) groups is 1. The van der Waals surface area contributed by atoms with Crippen molar-refractivity contribution in [3.63, 3.8) is 0 Å². The van der Waals surface area contributed by atoms with Gasteiger partial charge >= 0.3 is 0 Å². The molecule has 160 valence electrons. The van der Waals surface area contributed by atoms with E-state index in [4.69, 9.17) is 0 Å². The standard InChI is InChI=1S/C23H27FN2O3S/c24-21-4-3-5-22(17-21)30(28,29)26-14-10-19(11-15-26)16-18-6-8-20(9-7-18)23(27)25-12-1-2-13-25/h3-9,17,19H,1-2,10-16H2. The molecule has 1 amide bonds. The van der Waals surface area contributed by atoms with Crippen LogP contribution >= 0.6 is 0 Å². The summed E-state index contributed by atoms with van der Waals surface area (Å²) in [7, 11) is -3.65. The fourth-order valence-electron chi connectivity index (χ4n) is 4.35. The van der Waals surface area contributed by atoms with Gasteiger partial charge in [-0.3, -0.25) is 4.79 Å². The second-order valence-corrected chi connectivity index (χ2v) is 10.1. The maximum atomic E-state index is 13.4. The van der Waals surface area contributed by atoms with Crippen LogP contribution in [0.2, 0.25) is 0 Å². The summed E-state index contributed by atoms with van der Waals surface area (Å²) in [6.45, 7) is 2.57. The second kappa shape index (κ2) is 8.86. The average Bonchev–Trinajstić information content (AvgIpc) is 3.29. The first kappa shape index (κ1) is 21.0. The van der Waals surface area contributed by atoms with Gasteiger partial charge in [0.2, 0.25) is 10.0 Å². The van der Waals surface area contributed by atoms with Crippen molar-refractivity contribution >= 4 is 15.9 Å². The van der Waals surface area contributed by atoms with Gasteiger partial charge in [-0.25, -0.2) is 12.8 Å². The minimum atomic E-state index is -3.65. The largest absolute Gasteiger partial charge is 0.339 e. The lowest BCUT2D eigenvalue weighted by Crippen LogP contribution is -2.38. The van der Waals surface area contributed by atoms with Gasteiger partial charge in [-0.1, -0.05) is 18.2 Å². The van der Waals surface area contributed by atoms with Crippen molar-refractivity contribution in [3.8, 4) is 0 Å². The molecule has 0 bridgehead atoms. The Kier molecular flexibility index (Phi) is 6.20. The number of hydrogen-bond donors (Lipinski definition) is 0. The van der Waals surface area contributed by atoms with Crippen LogP contribution in [0.25, 0.3) is 0 Å². The lowest BCUT2D eigenvalue weighted by Gasteiger charge is -2.31. The molecule has 2 aliphatic heterocycles. The van der Waals surface area contributed by atoms with Crippen LogP contribution in [0.4, 0.5) is 4.39 Å². The molecule has 0 aromatic heterocycles. The predicted molar refractivity (Wildman–Crippen MR) is 113 cm³/mol. The molecule has 0 N–H and O–H groups in total. The first-order valence-electron chi connectivity index (χ1n) is 10.6. The third kappa shape index (κ3) is 4.57. The Balaban J connectivity index is 1.33. The van der Waals surface area contributed by atoms with Crippen LogP contribution in [-0.2, 0) is 16.4 Å². The number of hydrogen-bond acceptors (Lipinski definition) is 3. The quantitative estimate of drug-likeness (QED) is 0.727. The molecule has 0 unspecified atom stereocenters. The van der Waals surface area contributed by atoms with E-state index in [1.807, 2.05) is 29.2 Å². The Labute approximate surface area is 177 Å². The van der Waals surface area contributed by atoms with Gasteiger partial charge in [0, 0.05) is 31.7 Å². The summed E-state index contributed by atoms with van der Waals surface area (Å²) in [6, 6.07) is 13.0. The number of amides is 1. The number of likely N-dealkylation sites (tertiary alicyclic amines) is 1. The molecule has 2 aromatic carbocycles. The second-order valence-electron chi connectivity index (χ2n) is 8.21. The SMILES string of the molecule is O=C(c1ccc(CC2CCN(S(=O)(=O)c3cccc(F)c3)CC2)cc1)N1CCCC1. The molecule has 0 spiro atoms. The molecule has 30 heavy (non-hydrogen) atoms. The van der Waals surface area contributed by atoms with E-state index in [9.17, 15) is 17.6 Å². The van der Waals surface area contributed by atoms with Crippen molar-refractivity contribution in [1.29, 1.82) is 0 Å². The van der Waals surface area contributed by atoms with Crippen LogP contribution in [0.1, 0.15) is 41.6 Å². The summed E-state index contributed by atoms with van der Waals surface area (Å²) in [5, 5.41) is 0. The molecule has 4 rings (SSSR count). The fourth-order valence-corrected chi connectivity index (χ4v) is 5.85. The zero-order valence-electron chi connectivity index (χ0n) is 17.0. The summed E-state index contributed by atoms with van der Waals surface area (Å²) in [6.07, 6.45) is 4.56. The van der Waals surface area contributed by atoms with Gasteiger partial charge in [-0.2, -0.15) is 4.31 Å². The van der Waals surface area contributed by atoms with Gasteiger partial charge in [-0.05, 0) is 73.9 Å². The Morgan fingerprint density at radius 1 is 0.967 bits per heavy atom. The smallest absolute Gasteiger partial charge is 0.253 e. The zero-order valence-corrected chi connectivity index (χ0v) is 17.8. The maximum absolute atomic E-state index is 13.4. The van der Waals surface area contributed by atoms with Gasteiger partial charge in [0.05, 0.1) is 4.90 Å². The third-order valence-electron chi connectivity index (χ3n) is 6.13. The molecule has 0 radical (unpaired) electrons. The lowest BCUT2D eigenvalue weighted by atomic mass is 9.90. The third-order valence-corrected chi connectivity index (χ3v) is 8.02. The highest BCUT2D eigenvalue weighted by Gasteiger charge is 2.29. The molecule has 2 fully saturated rings. The number of sulfonamides is 1. The predicted octanol–water partition coefficient (Wildman–Crippen LogP) is 3.71. The van der Waals surface area contributed by atoms with E-state index in [1.165, 1.54) is 28.1 Å². The first-order chi connectivity index (χ1) is 14.4. The summed E-state index contributed by atoms with van der Waals surface area (Å²) in [4.78, 5) is 14.4. The molecule has 0 atom stereocenters. The molecule has 2 aromatic rings. The van der Waals surface area contributed by atoms with Crippen LogP contribution < -0.4 is 0 Å². The van der Waals surface area contributed by atoms with Crippen LogP contribution in [0.5, 0.6) is 0 Å². The fraction of sp³-hybridized carbons (Fsp3) is 0.435. The van der Waals surface area contributed by atoms with Crippen molar-refractivity contribution < 1.29 is 17.6 Å². The minimum absolute atomic E-state index is 0.0132. The first-order valence-corrected chi connectivity index (χ1v) is 12.0. The van der Waals surface area contributed by atoms with E-state index < -0.39 is 15.8 Å². The molecule has 7 heteroatoms. The van der Waals surface area contributed by atoms with Crippen LogP contribution in [0, 0.1) is 11.7 Å². The van der Waals surface area contributed by atoms with E-state index >= 15 is 0 Å². The van der Waals surface area contributed by atoms with Gasteiger partial charge < -0.3 is 4.90 Å². The number of nitrogens with zero attached hydrogens (tertiary/aromatic N) is 2. The Morgan fingerprint density at radius 3 is 2.27 bits per heavy atom. The van der Waals surface area contributed by atoms with Crippen LogP contribution in [-0.4, -0.2) is 49.7 Å². The van der Waals surface area contributed by atoms with Crippen molar-refractivity contribution in [2.45, 2.75) is 37.0 Å². The minimum Gasteiger partial charge on any atom is -0.339 e. The highest BCUT2D eigenvalue weighted by Crippen LogP contribution is 2.26. The van der Waals surface area contributed by atoms with Crippen molar-refractivity contribution in [1.82, 2.24) is 9.21 Å². The molecular formula is C23H27FN2O3S. The topological polar surface area (TPSA) is 57.7 Å². The summed E-state index contributed by atoms with van der Waals surface area (Å²) < 4.78 is 40.4. The highest BCUT2D eigenvalue weighted by atomic mass is 32.2. The van der Waals surface area contributed by atoms with Gasteiger partial charge in [-0.15, -0.1) is 0 Å². The Bertz CT molecular complexity index is 993. The Hall–Kier alpha value is -2.25. The van der Waals surface area contributed by atoms with E-state index in [0.29, 0.717) is 19.0 Å². The summed E-state index contributed by atoms with van der Waals surface area (Å²) >= 11 is 0. The van der Waals surface area contributed by atoms with Crippen molar-refractivity contribution in [2.24, 2.45) is 5.92 Å². The highest BCUT2D eigenvalue weighted by molar-refractivity contribution is 7.89. The zero-order chi connectivity index (χ0) is 21.1. The van der Waals surface area contributed by atoms with E-state index in [-0.39, 0.29) is 10.8 Å². The Morgan fingerprint density at radius 2 is 1.63 bits per heavy atom. The molecule has 0 aliphatic carbocycles. The average molecular weight is 431 g/mol. The van der Waals surface area contributed by atoms with E-state index in [0.717, 1.165) is 56.8 Å². The monoisotopic (exact) mass is 430 g/mol. The van der Waals surface area contributed by atoms with Crippen LogP contribution in [0.3, 0.4) is 0 Å². The van der Waals surface area contributed by atoms with Crippen LogP contribution in [0.15, 0.2) is 53.4 Å². The summed E-state index contributed by atoms with van der Waals surface area (Å²) in [5.41, 5.74) is 1.90. The number of piperidine rings is 1. The number of rotatable bonds is 5. The summed E-state index contributed by atoms with van der Waals surface area (Å²) in [5.74, 6) is -0.0448. The van der Waals surface area contributed by atoms with Crippen molar-refractivity contribution in [3.05, 3.63) is 65.5 Å².